The van der Waals surface area contributed by atoms with E-state index in [2.05, 4.69) is 50.3 Å². The van der Waals surface area contributed by atoms with Crippen LogP contribution in [0.5, 0.6) is 0 Å². The average molecular weight is 686 g/mol. The molecular formula is C37H68NO8P. The smallest absolute Gasteiger partial charge is 0.462 e. The predicted octanol–water partition coefficient (Wildman–Crippen LogP) is 9.82. The zero-order valence-corrected chi connectivity index (χ0v) is 30.7. The highest BCUT2D eigenvalue weighted by Crippen LogP contribution is 2.43. The van der Waals surface area contributed by atoms with Crippen molar-refractivity contribution >= 4 is 19.8 Å². The lowest BCUT2D eigenvalue weighted by Gasteiger charge is -2.19. The monoisotopic (exact) mass is 685 g/mol. The fourth-order valence-electron chi connectivity index (χ4n) is 4.70. The Kier molecular flexibility index (Phi) is 32.8. The number of esters is 2. The van der Waals surface area contributed by atoms with Crippen LogP contribution in [0.2, 0.25) is 0 Å². The molecule has 0 fully saturated rings. The molecule has 0 amide bonds. The Hall–Kier alpha value is -1.77. The Morgan fingerprint density at radius 3 is 1.70 bits per heavy atom. The number of carbonyl (C=O) groups is 2. The molecule has 0 radical (unpaired) electrons. The lowest BCUT2D eigenvalue weighted by atomic mass is 10.1. The number of rotatable bonds is 34. The van der Waals surface area contributed by atoms with Gasteiger partial charge in [-0.3, -0.25) is 18.6 Å². The summed E-state index contributed by atoms with van der Waals surface area (Å²) in [4.78, 5) is 34.6. The molecule has 0 heterocycles. The van der Waals surface area contributed by atoms with E-state index in [9.17, 15) is 19.0 Å². The molecule has 3 N–H and O–H groups in total. The molecule has 0 spiro atoms. The number of phosphoric acid groups is 1. The molecular weight excluding hydrogens is 617 g/mol. The molecule has 274 valence electrons. The van der Waals surface area contributed by atoms with E-state index in [1.54, 1.807) is 0 Å². The van der Waals surface area contributed by atoms with Crippen molar-refractivity contribution in [3.63, 3.8) is 0 Å². The quantitative estimate of drug-likeness (QED) is 0.0294. The largest absolute Gasteiger partial charge is 0.472 e. The Balaban J connectivity index is 4.28. The van der Waals surface area contributed by atoms with E-state index in [-0.39, 0.29) is 32.6 Å². The van der Waals surface area contributed by atoms with Gasteiger partial charge < -0.3 is 20.1 Å². The number of unbranched alkanes of at least 4 members (excludes halogenated alkanes) is 15. The van der Waals surface area contributed by atoms with Crippen molar-refractivity contribution in [1.82, 2.24) is 0 Å². The lowest BCUT2D eigenvalue weighted by Crippen LogP contribution is -2.29. The van der Waals surface area contributed by atoms with Gasteiger partial charge >= 0.3 is 19.8 Å². The minimum atomic E-state index is -4.37. The third kappa shape index (κ3) is 33.9. The molecule has 0 aliphatic rings. The van der Waals surface area contributed by atoms with Crippen molar-refractivity contribution < 1.29 is 37.6 Å². The summed E-state index contributed by atoms with van der Waals surface area (Å²) in [6.45, 7) is 3.62. The zero-order valence-electron chi connectivity index (χ0n) is 29.8. The maximum Gasteiger partial charge on any atom is 0.472 e. The molecule has 0 aromatic carbocycles. The number of nitrogens with two attached hydrogens (primary N) is 1. The van der Waals surface area contributed by atoms with Gasteiger partial charge in [0, 0.05) is 19.4 Å². The van der Waals surface area contributed by atoms with E-state index in [1.165, 1.54) is 32.1 Å². The molecule has 1 unspecified atom stereocenters. The first-order chi connectivity index (χ1) is 22.8. The van der Waals surface area contributed by atoms with Crippen LogP contribution in [0.3, 0.4) is 0 Å². The predicted molar refractivity (Wildman–Crippen MR) is 192 cm³/mol. The number of phosphoric ester groups is 1. The molecule has 2 atom stereocenters. The van der Waals surface area contributed by atoms with Crippen LogP contribution in [0.25, 0.3) is 0 Å². The van der Waals surface area contributed by atoms with Gasteiger partial charge in [0.2, 0.25) is 0 Å². The Morgan fingerprint density at radius 1 is 0.638 bits per heavy atom. The Labute approximate surface area is 286 Å². The van der Waals surface area contributed by atoms with Gasteiger partial charge in [-0.15, -0.1) is 0 Å². The van der Waals surface area contributed by atoms with Crippen LogP contribution in [0.1, 0.15) is 155 Å². The van der Waals surface area contributed by atoms with E-state index in [0.717, 1.165) is 83.5 Å². The van der Waals surface area contributed by atoms with Crippen LogP contribution in [0.4, 0.5) is 0 Å². The second-order valence-corrected chi connectivity index (χ2v) is 13.5. The number of hydrogen-bond donors (Lipinski definition) is 2. The van der Waals surface area contributed by atoms with Crippen molar-refractivity contribution in [2.45, 2.75) is 161 Å². The van der Waals surface area contributed by atoms with Gasteiger partial charge in [0.1, 0.15) is 6.61 Å². The summed E-state index contributed by atoms with van der Waals surface area (Å²) < 4.78 is 32.6. The molecule has 9 nitrogen and oxygen atoms in total. The van der Waals surface area contributed by atoms with E-state index in [1.807, 2.05) is 0 Å². The molecule has 10 heteroatoms. The van der Waals surface area contributed by atoms with Gasteiger partial charge in [0.15, 0.2) is 6.10 Å². The van der Waals surface area contributed by atoms with Crippen LogP contribution in [-0.2, 0) is 32.7 Å². The first-order valence-corrected chi connectivity index (χ1v) is 20.0. The highest BCUT2D eigenvalue weighted by Gasteiger charge is 2.25. The van der Waals surface area contributed by atoms with Crippen molar-refractivity contribution in [1.29, 1.82) is 0 Å². The summed E-state index contributed by atoms with van der Waals surface area (Å²) in [6, 6.07) is 0. The van der Waals surface area contributed by atoms with E-state index in [0.29, 0.717) is 12.8 Å². The fourth-order valence-corrected chi connectivity index (χ4v) is 5.47. The minimum absolute atomic E-state index is 0.0494. The molecule has 0 rings (SSSR count). The van der Waals surface area contributed by atoms with Gasteiger partial charge in [-0.2, -0.15) is 0 Å². The van der Waals surface area contributed by atoms with Gasteiger partial charge in [0.25, 0.3) is 0 Å². The Morgan fingerprint density at radius 2 is 1.13 bits per heavy atom. The number of hydrogen-bond acceptors (Lipinski definition) is 8. The van der Waals surface area contributed by atoms with Crippen LogP contribution >= 0.6 is 7.82 Å². The maximum atomic E-state index is 12.5. The summed E-state index contributed by atoms with van der Waals surface area (Å²) in [6.07, 6.45) is 34.6. The average Bonchev–Trinajstić information content (AvgIpc) is 3.05. The summed E-state index contributed by atoms with van der Waals surface area (Å²) in [5.74, 6) is -0.859. The molecule has 0 aromatic heterocycles. The molecule has 0 saturated heterocycles. The SMILES string of the molecule is CCCC/C=C/C/C=C/CCCCCCCC(=O)OC[C@H](COP(=O)(O)OCCN)OC(=O)CCCCCCC/C=C/CCCCC. The summed E-state index contributed by atoms with van der Waals surface area (Å²) in [5, 5.41) is 0. The van der Waals surface area contributed by atoms with Crippen LogP contribution in [0, 0.1) is 0 Å². The van der Waals surface area contributed by atoms with Gasteiger partial charge in [-0.1, -0.05) is 115 Å². The molecule has 47 heavy (non-hydrogen) atoms. The fraction of sp³-hybridized carbons (Fsp3) is 0.784. The number of allylic oxidation sites excluding steroid dienone is 6. The molecule has 0 aliphatic heterocycles. The first-order valence-electron chi connectivity index (χ1n) is 18.5. The molecule has 0 aromatic rings. The second-order valence-electron chi connectivity index (χ2n) is 12.1. The molecule has 0 bridgehead atoms. The summed E-state index contributed by atoms with van der Waals surface area (Å²) >= 11 is 0. The zero-order chi connectivity index (χ0) is 34.7. The van der Waals surface area contributed by atoms with E-state index in [4.69, 9.17) is 24.3 Å². The first kappa shape index (κ1) is 45.2. The van der Waals surface area contributed by atoms with Crippen LogP contribution < -0.4 is 5.73 Å². The van der Waals surface area contributed by atoms with E-state index < -0.39 is 32.5 Å². The topological polar surface area (TPSA) is 134 Å². The van der Waals surface area contributed by atoms with Crippen molar-refractivity contribution in [2.24, 2.45) is 5.73 Å². The van der Waals surface area contributed by atoms with Gasteiger partial charge in [-0.05, 0) is 64.2 Å². The standard InChI is InChI=1S/C37H68NO8P/c1-3-5-7-9-11-13-15-17-18-20-21-23-25-27-29-36(39)43-33-35(34-45-47(41,42)44-32-31-38)46-37(40)30-28-26-24-22-19-16-14-12-10-8-6-4-2/h9,11-12,14-15,17,35H,3-8,10,13,16,18-34,38H2,1-2H3,(H,41,42)/b11-9+,14-12+,17-15+/t35-/m1/s1. The Bertz CT molecular complexity index is 876. The van der Waals surface area contributed by atoms with Crippen molar-refractivity contribution in [3.05, 3.63) is 36.5 Å². The van der Waals surface area contributed by atoms with Crippen LogP contribution in [-0.4, -0.2) is 49.3 Å². The third-order valence-electron chi connectivity index (χ3n) is 7.50. The highest BCUT2D eigenvalue weighted by atomic mass is 31.2. The highest BCUT2D eigenvalue weighted by molar-refractivity contribution is 7.47. The maximum absolute atomic E-state index is 12.5. The minimum Gasteiger partial charge on any atom is -0.462 e. The number of ether oxygens (including phenoxy) is 2. The summed E-state index contributed by atoms with van der Waals surface area (Å²) in [5.41, 5.74) is 5.32. The third-order valence-corrected chi connectivity index (χ3v) is 8.48. The van der Waals surface area contributed by atoms with Crippen LogP contribution in [0.15, 0.2) is 36.5 Å². The number of carbonyl (C=O) groups excluding carboxylic acids is 2. The second kappa shape index (κ2) is 34.1. The van der Waals surface area contributed by atoms with E-state index >= 15 is 0 Å². The summed E-state index contributed by atoms with van der Waals surface area (Å²) in [7, 11) is -4.37. The van der Waals surface area contributed by atoms with Crippen molar-refractivity contribution in [2.75, 3.05) is 26.4 Å². The molecule has 0 saturated carbocycles. The normalized spacial score (nSPS) is 13.9. The van der Waals surface area contributed by atoms with Crippen molar-refractivity contribution in [3.8, 4) is 0 Å². The molecule has 0 aliphatic carbocycles. The lowest BCUT2D eigenvalue weighted by molar-refractivity contribution is -0.161. The van der Waals surface area contributed by atoms with Gasteiger partial charge in [0.05, 0.1) is 13.2 Å². The van der Waals surface area contributed by atoms with Gasteiger partial charge in [-0.25, -0.2) is 4.57 Å².